The van der Waals surface area contributed by atoms with Gasteiger partial charge in [-0.15, -0.1) is 0 Å². The molecule has 3 aliphatic rings. The van der Waals surface area contributed by atoms with Crippen molar-refractivity contribution in [2.75, 3.05) is 40.0 Å². The summed E-state index contributed by atoms with van der Waals surface area (Å²) in [6, 6.07) is -0.172. The molecule has 0 saturated carbocycles. The van der Waals surface area contributed by atoms with E-state index in [1.807, 2.05) is 13.8 Å². The standard InChI is InChI=1S/C17H29NO7/c1-5-22-12(19)10-11(18-6-8-21-9-7-18)13-14(20-4)15-16(23-13)25-17(2,3)24-15/h11,13-16H,5-10H2,1-4H3/t11-,13+,14-,15+,16+/m0/s1. The number of carbonyl (C=O) groups is 1. The molecule has 3 fully saturated rings. The Morgan fingerprint density at radius 3 is 2.64 bits per heavy atom. The number of methoxy groups -OCH3 is 1. The molecule has 3 saturated heterocycles. The first-order chi connectivity index (χ1) is 11.9. The van der Waals surface area contributed by atoms with Gasteiger partial charge < -0.3 is 28.4 Å². The lowest BCUT2D eigenvalue weighted by Gasteiger charge is -2.39. The summed E-state index contributed by atoms with van der Waals surface area (Å²) in [5.74, 6) is -0.941. The minimum absolute atomic E-state index is 0.172. The number of ether oxygens (including phenoxy) is 6. The van der Waals surface area contributed by atoms with Crippen LogP contribution in [0.25, 0.3) is 0 Å². The molecular weight excluding hydrogens is 330 g/mol. The predicted molar refractivity (Wildman–Crippen MR) is 86.9 cm³/mol. The Morgan fingerprint density at radius 2 is 2.00 bits per heavy atom. The zero-order valence-corrected chi connectivity index (χ0v) is 15.4. The smallest absolute Gasteiger partial charge is 0.307 e. The first-order valence-electron chi connectivity index (χ1n) is 8.96. The second-order valence-corrected chi connectivity index (χ2v) is 6.99. The summed E-state index contributed by atoms with van der Waals surface area (Å²) < 4.78 is 34.3. The van der Waals surface area contributed by atoms with Crippen molar-refractivity contribution in [3.05, 3.63) is 0 Å². The van der Waals surface area contributed by atoms with Gasteiger partial charge in [-0.1, -0.05) is 0 Å². The van der Waals surface area contributed by atoms with Crippen LogP contribution >= 0.6 is 0 Å². The Balaban J connectivity index is 1.76. The summed E-state index contributed by atoms with van der Waals surface area (Å²) in [5.41, 5.74) is 0. The molecule has 8 nitrogen and oxygen atoms in total. The van der Waals surface area contributed by atoms with Crippen molar-refractivity contribution in [1.82, 2.24) is 4.90 Å². The van der Waals surface area contributed by atoms with Crippen LogP contribution in [0, 0.1) is 0 Å². The summed E-state index contributed by atoms with van der Waals surface area (Å²) in [5, 5.41) is 0. The lowest BCUT2D eigenvalue weighted by Crippen LogP contribution is -2.54. The zero-order chi connectivity index (χ0) is 18.0. The molecule has 3 heterocycles. The first-order valence-corrected chi connectivity index (χ1v) is 8.96. The quantitative estimate of drug-likeness (QED) is 0.636. The van der Waals surface area contributed by atoms with Gasteiger partial charge in [0.1, 0.15) is 18.3 Å². The summed E-state index contributed by atoms with van der Waals surface area (Å²) in [7, 11) is 1.64. The van der Waals surface area contributed by atoms with Crippen LogP contribution in [0.4, 0.5) is 0 Å². The molecule has 3 rings (SSSR count). The molecule has 8 heteroatoms. The summed E-state index contributed by atoms with van der Waals surface area (Å²) >= 11 is 0. The number of morpholine rings is 1. The SMILES string of the molecule is CCOC(=O)C[C@@H]([C@H]1O[C@@H]2OC(C)(C)O[C@@H]2[C@H]1OC)N1CCOCC1. The molecule has 0 aromatic rings. The number of rotatable bonds is 6. The fourth-order valence-electron chi connectivity index (χ4n) is 3.83. The van der Waals surface area contributed by atoms with Gasteiger partial charge in [-0.05, 0) is 20.8 Å². The second kappa shape index (κ2) is 7.85. The van der Waals surface area contributed by atoms with Crippen LogP contribution in [0.15, 0.2) is 0 Å². The third-order valence-corrected chi connectivity index (χ3v) is 4.87. The van der Waals surface area contributed by atoms with Crippen molar-refractivity contribution in [2.45, 2.75) is 63.6 Å². The van der Waals surface area contributed by atoms with Crippen LogP contribution in [0.2, 0.25) is 0 Å². The molecule has 144 valence electrons. The molecule has 5 atom stereocenters. The Hall–Kier alpha value is -0.770. The van der Waals surface area contributed by atoms with Crippen molar-refractivity contribution < 1.29 is 33.2 Å². The van der Waals surface area contributed by atoms with Crippen LogP contribution in [0.5, 0.6) is 0 Å². The van der Waals surface area contributed by atoms with E-state index in [1.165, 1.54) is 0 Å². The van der Waals surface area contributed by atoms with E-state index in [0.717, 1.165) is 13.1 Å². The number of carbonyl (C=O) groups excluding carboxylic acids is 1. The number of esters is 1. The Kier molecular flexibility index (Phi) is 5.97. The number of hydrogen-bond acceptors (Lipinski definition) is 8. The van der Waals surface area contributed by atoms with Gasteiger partial charge in [0.2, 0.25) is 0 Å². The average molecular weight is 359 g/mol. The van der Waals surface area contributed by atoms with Gasteiger partial charge in [0.05, 0.1) is 26.2 Å². The molecule has 0 radical (unpaired) electrons. The molecule has 0 amide bonds. The molecule has 0 N–H and O–H groups in total. The van der Waals surface area contributed by atoms with Crippen LogP contribution in [-0.4, -0.2) is 87.3 Å². The van der Waals surface area contributed by atoms with Crippen LogP contribution in [0.1, 0.15) is 27.2 Å². The number of hydrogen-bond donors (Lipinski definition) is 0. The van der Waals surface area contributed by atoms with Crippen LogP contribution in [-0.2, 0) is 33.2 Å². The van der Waals surface area contributed by atoms with Gasteiger partial charge in [0.25, 0.3) is 0 Å². The van der Waals surface area contributed by atoms with Crippen LogP contribution in [0.3, 0.4) is 0 Å². The minimum Gasteiger partial charge on any atom is -0.466 e. The van der Waals surface area contributed by atoms with Crippen molar-refractivity contribution in [3.63, 3.8) is 0 Å². The van der Waals surface area contributed by atoms with Gasteiger partial charge in [0.15, 0.2) is 12.1 Å². The van der Waals surface area contributed by atoms with Gasteiger partial charge in [0, 0.05) is 26.2 Å². The second-order valence-electron chi connectivity index (χ2n) is 6.99. The molecule has 25 heavy (non-hydrogen) atoms. The van der Waals surface area contributed by atoms with E-state index in [2.05, 4.69) is 4.90 Å². The van der Waals surface area contributed by atoms with Gasteiger partial charge in [-0.2, -0.15) is 0 Å². The van der Waals surface area contributed by atoms with E-state index >= 15 is 0 Å². The highest BCUT2D eigenvalue weighted by atomic mass is 16.8. The monoisotopic (exact) mass is 359 g/mol. The topological polar surface area (TPSA) is 75.7 Å². The van der Waals surface area contributed by atoms with E-state index in [-0.39, 0.29) is 36.7 Å². The first kappa shape index (κ1) is 19.0. The summed E-state index contributed by atoms with van der Waals surface area (Å²) in [6.45, 7) is 8.63. The van der Waals surface area contributed by atoms with E-state index in [1.54, 1.807) is 14.0 Å². The largest absolute Gasteiger partial charge is 0.466 e. The fraction of sp³-hybridized carbons (Fsp3) is 0.941. The van der Waals surface area contributed by atoms with Gasteiger partial charge >= 0.3 is 5.97 Å². The Bertz CT molecular complexity index is 466. The summed E-state index contributed by atoms with van der Waals surface area (Å²) in [6.07, 6.45) is -1.21. The zero-order valence-electron chi connectivity index (χ0n) is 15.4. The molecule has 3 aliphatic heterocycles. The van der Waals surface area contributed by atoms with Crippen molar-refractivity contribution in [2.24, 2.45) is 0 Å². The minimum atomic E-state index is -0.702. The lowest BCUT2D eigenvalue weighted by molar-refractivity contribution is -0.225. The molecule has 0 aromatic carbocycles. The van der Waals surface area contributed by atoms with Crippen molar-refractivity contribution in [1.29, 1.82) is 0 Å². The van der Waals surface area contributed by atoms with Crippen molar-refractivity contribution in [3.8, 4) is 0 Å². The molecular formula is C17H29NO7. The van der Waals surface area contributed by atoms with E-state index in [0.29, 0.717) is 19.8 Å². The van der Waals surface area contributed by atoms with Crippen molar-refractivity contribution >= 4 is 5.97 Å². The highest BCUT2D eigenvalue weighted by Gasteiger charge is 2.57. The third-order valence-electron chi connectivity index (χ3n) is 4.87. The molecule has 0 spiro atoms. The van der Waals surface area contributed by atoms with E-state index in [9.17, 15) is 4.79 Å². The lowest BCUT2D eigenvalue weighted by atomic mass is 9.98. The normalized spacial score (nSPS) is 36.2. The molecule has 0 unspecified atom stereocenters. The predicted octanol–water partition coefficient (Wildman–Crippen LogP) is 0.532. The molecule has 0 bridgehead atoms. The fourth-order valence-corrected chi connectivity index (χ4v) is 3.83. The Morgan fingerprint density at radius 1 is 1.28 bits per heavy atom. The Labute approximate surface area is 148 Å². The highest BCUT2D eigenvalue weighted by molar-refractivity contribution is 5.70. The number of fused-ring (bicyclic) bond motifs is 1. The third kappa shape index (κ3) is 4.15. The molecule has 0 aromatic heterocycles. The summed E-state index contributed by atoms with van der Waals surface area (Å²) in [4.78, 5) is 14.4. The van der Waals surface area contributed by atoms with E-state index < -0.39 is 12.1 Å². The maximum absolute atomic E-state index is 12.2. The number of nitrogens with zero attached hydrogens (tertiary/aromatic N) is 1. The maximum Gasteiger partial charge on any atom is 0.307 e. The van der Waals surface area contributed by atoms with Gasteiger partial charge in [-0.25, -0.2) is 0 Å². The maximum atomic E-state index is 12.2. The average Bonchev–Trinajstić information content (AvgIpc) is 3.04. The molecule has 0 aliphatic carbocycles. The van der Waals surface area contributed by atoms with Crippen LogP contribution < -0.4 is 0 Å². The van der Waals surface area contributed by atoms with E-state index in [4.69, 9.17) is 28.4 Å². The highest BCUT2D eigenvalue weighted by Crippen LogP contribution is 2.40. The van der Waals surface area contributed by atoms with Gasteiger partial charge in [-0.3, -0.25) is 9.69 Å².